The maximum atomic E-state index is 12.1. The van der Waals surface area contributed by atoms with E-state index in [1.165, 1.54) is 17.3 Å². The fourth-order valence-corrected chi connectivity index (χ4v) is 2.09. The Labute approximate surface area is 119 Å². The summed E-state index contributed by atoms with van der Waals surface area (Å²) in [5, 5.41) is 7.06. The van der Waals surface area contributed by atoms with E-state index in [0.29, 0.717) is 5.69 Å². The Morgan fingerprint density at radius 3 is 2.79 bits per heavy atom. The van der Waals surface area contributed by atoms with Crippen LogP contribution in [-0.4, -0.2) is 25.7 Å². The van der Waals surface area contributed by atoms with Gasteiger partial charge in [0, 0.05) is 0 Å². The molecule has 2 rings (SSSR count). The van der Waals surface area contributed by atoms with E-state index in [2.05, 4.69) is 20.4 Å². The number of nitrogens with zero attached hydrogens (tertiary/aromatic N) is 4. The van der Waals surface area contributed by atoms with Crippen molar-refractivity contribution in [3.8, 4) is 0 Å². The third-order valence-electron chi connectivity index (χ3n) is 2.60. The molecule has 8 heteroatoms. The normalized spacial score (nSPS) is 12.2. The van der Waals surface area contributed by atoms with Gasteiger partial charge in [-0.15, -0.1) is 0 Å². The minimum Gasteiger partial charge on any atom is -0.321 e. The van der Waals surface area contributed by atoms with Crippen molar-refractivity contribution in [2.45, 2.75) is 19.9 Å². The van der Waals surface area contributed by atoms with Crippen LogP contribution < -0.4 is 5.32 Å². The van der Waals surface area contributed by atoms with E-state index in [1.54, 1.807) is 19.9 Å². The van der Waals surface area contributed by atoms with Gasteiger partial charge in [0.1, 0.15) is 23.8 Å². The third-order valence-corrected chi connectivity index (χ3v) is 3.07. The monoisotopic (exact) mass is 299 g/mol. The summed E-state index contributed by atoms with van der Waals surface area (Å²) >= 11 is 11.7. The molecule has 6 nitrogen and oxygen atoms in total. The van der Waals surface area contributed by atoms with Gasteiger partial charge in [0.15, 0.2) is 5.15 Å². The summed E-state index contributed by atoms with van der Waals surface area (Å²) < 4.78 is 1.45. The number of halogens is 2. The number of hydrogen-bond donors (Lipinski definition) is 1. The summed E-state index contributed by atoms with van der Waals surface area (Å²) in [4.78, 5) is 19.8. The Hall–Kier alpha value is -1.66. The SMILES string of the molecule is Cc1cc(Cl)nc(Cl)c1NC(=O)C(C)n1cncn1. The molecule has 2 aromatic heterocycles. The Morgan fingerprint density at radius 2 is 2.21 bits per heavy atom. The van der Waals surface area contributed by atoms with Gasteiger partial charge in [-0.05, 0) is 25.5 Å². The molecule has 1 N–H and O–H groups in total. The lowest BCUT2D eigenvalue weighted by Gasteiger charge is -2.14. The van der Waals surface area contributed by atoms with Crippen LogP contribution in [0.4, 0.5) is 5.69 Å². The average Bonchev–Trinajstić information content (AvgIpc) is 2.86. The topological polar surface area (TPSA) is 72.7 Å². The summed E-state index contributed by atoms with van der Waals surface area (Å²) in [6, 6.07) is 1.12. The van der Waals surface area contributed by atoms with Gasteiger partial charge in [-0.25, -0.2) is 14.6 Å². The number of anilines is 1. The molecule has 2 aromatic rings. The van der Waals surface area contributed by atoms with Crippen LogP contribution in [0.3, 0.4) is 0 Å². The third kappa shape index (κ3) is 3.02. The fourth-order valence-electron chi connectivity index (χ4n) is 1.51. The maximum Gasteiger partial charge on any atom is 0.249 e. The molecule has 0 saturated carbocycles. The molecule has 0 aliphatic carbocycles. The number of nitrogens with one attached hydrogen (secondary N) is 1. The van der Waals surface area contributed by atoms with Crippen molar-refractivity contribution in [1.82, 2.24) is 19.7 Å². The van der Waals surface area contributed by atoms with Gasteiger partial charge in [-0.3, -0.25) is 4.79 Å². The molecular formula is C11H11Cl2N5O. The molecule has 1 atom stereocenters. The summed E-state index contributed by atoms with van der Waals surface area (Å²) in [5.41, 5.74) is 1.19. The van der Waals surface area contributed by atoms with E-state index < -0.39 is 6.04 Å². The van der Waals surface area contributed by atoms with E-state index >= 15 is 0 Å². The van der Waals surface area contributed by atoms with Crippen LogP contribution in [0.1, 0.15) is 18.5 Å². The second-order valence-electron chi connectivity index (χ2n) is 3.97. The van der Waals surface area contributed by atoms with Gasteiger partial charge in [-0.2, -0.15) is 5.10 Å². The highest BCUT2D eigenvalue weighted by atomic mass is 35.5. The lowest BCUT2D eigenvalue weighted by atomic mass is 10.2. The molecule has 0 spiro atoms. The summed E-state index contributed by atoms with van der Waals surface area (Å²) in [7, 11) is 0. The van der Waals surface area contributed by atoms with Crippen molar-refractivity contribution in [1.29, 1.82) is 0 Å². The van der Waals surface area contributed by atoms with Gasteiger partial charge >= 0.3 is 0 Å². The highest BCUT2D eigenvalue weighted by Crippen LogP contribution is 2.27. The zero-order chi connectivity index (χ0) is 14.0. The highest BCUT2D eigenvalue weighted by molar-refractivity contribution is 6.34. The largest absolute Gasteiger partial charge is 0.321 e. The Bertz CT molecular complexity index is 576. The predicted molar refractivity (Wildman–Crippen MR) is 72.4 cm³/mol. The number of pyridine rings is 1. The number of carbonyl (C=O) groups excluding carboxylic acids is 1. The molecule has 2 heterocycles. The number of carbonyl (C=O) groups is 1. The molecule has 0 aliphatic heterocycles. The Balaban J connectivity index is 2.20. The smallest absolute Gasteiger partial charge is 0.249 e. The van der Waals surface area contributed by atoms with Crippen molar-refractivity contribution < 1.29 is 4.79 Å². The molecule has 0 aromatic carbocycles. The maximum absolute atomic E-state index is 12.1. The van der Waals surface area contributed by atoms with E-state index in [0.717, 1.165) is 5.56 Å². The molecule has 0 radical (unpaired) electrons. The average molecular weight is 300 g/mol. The van der Waals surface area contributed by atoms with Crippen molar-refractivity contribution in [2.75, 3.05) is 5.32 Å². The molecule has 0 bridgehead atoms. The minimum absolute atomic E-state index is 0.157. The molecule has 100 valence electrons. The van der Waals surface area contributed by atoms with Crippen LogP contribution in [0.5, 0.6) is 0 Å². The molecule has 0 fully saturated rings. The summed E-state index contributed by atoms with van der Waals surface area (Å²) in [6.07, 6.45) is 2.84. The number of amides is 1. The number of aromatic nitrogens is 4. The first-order valence-electron chi connectivity index (χ1n) is 5.46. The van der Waals surface area contributed by atoms with Crippen LogP contribution in [-0.2, 0) is 4.79 Å². The van der Waals surface area contributed by atoms with Gasteiger partial charge < -0.3 is 5.32 Å². The second-order valence-corrected chi connectivity index (χ2v) is 4.71. The van der Waals surface area contributed by atoms with E-state index in [4.69, 9.17) is 23.2 Å². The highest BCUT2D eigenvalue weighted by Gasteiger charge is 2.18. The summed E-state index contributed by atoms with van der Waals surface area (Å²) in [6.45, 7) is 3.49. The zero-order valence-corrected chi connectivity index (χ0v) is 11.8. The van der Waals surface area contributed by atoms with Gasteiger partial charge in [0.2, 0.25) is 5.91 Å². The summed E-state index contributed by atoms with van der Waals surface area (Å²) in [5.74, 6) is -0.264. The number of aryl methyl sites for hydroxylation is 1. The molecule has 0 saturated heterocycles. The lowest BCUT2D eigenvalue weighted by Crippen LogP contribution is -2.24. The minimum atomic E-state index is -0.506. The molecule has 1 unspecified atom stereocenters. The predicted octanol–water partition coefficient (Wildman–Crippen LogP) is 2.49. The second kappa shape index (κ2) is 5.54. The number of hydrogen-bond acceptors (Lipinski definition) is 4. The van der Waals surface area contributed by atoms with Gasteiger partial charge in [-0.1, -0.05) is 23.2 Å². The lowest BCUT2D eigenvalue weighted by molar-refractivity contribution is -0.119. The van der Waals surface area contributed by atoms with Crippen LogP contribution >= 0.6 is 23.2 Å². The first-order valence-corrected chi connectivity index (χ1v) is 6.22. The standard InChI is InChI=1S/C11H11Cl2N5O/c1-6-3-8(12)16-10(13)9(6)17-11(19)7(2)18-5-14-4-15-18/h3-5,7H,1-2H3,(H,17,19). The Morgan fingerprint density at radius 1 is 1.47 bits per heavy atom. The van der Waals surface area contributed by atoms with E-state index in [-0.39, 0.29) is 16.2 Å². The van der Waals surface area contributed by atoms with Crippen molar-refractivity contribution >= 4 is 34.8 Å². The number of rotatable bonds is 3. The van der Waals surface area contributed by atoms with E-state index in [9.17, 15) is 4.79 Å². The molecule has 0 aliphatic rings. The fraction of sp³-hybridized carbons (Fsp3) is 0.273. The molecule has 19 heavy (non-hydrogen) atoms. The van der Waals surface area contributed by atoms with Crippen LogP contribution in [0.15, 0.2) is 18.7 Å². The van der Waals surface area contributed by atoms with Crippen molar-refractivity contribution in [2.24, 2.45) is 0 Å². The first-order chi connectivity index (χ1) is 8.99. The van der Waals surface area contributed by atoms with Gasteiger partial charge in [0.05, 0.1) is 5.69 Å². The Kier molecular flexibility index (Phi) is 4.01. The molecule has 1 amide bonds. The van der Waals surface area contributed by atoms with E-state index in [1.807, 2.05) is 0 Å². The van der Waals surface area contributed by atoms with Crippen molar-refractivity contribution in [3.05, 3.63) is 34.6 Å². The quantitative estimate of drug-likeness (QED) is 0.884. The van der Waals surface area contributed by atoms with Crippen molar-refractivity contribution in [3.63, 3.8) is 0 Å². The van der Waals surface area contributed by atoms with Gasteiger partial charge in [0.25, 0.3) is 0 Å². The van der Waals surface area contributed by atoms with Crippen LogP contribution in [0.25, 0.3) is 0 Å². The first kappa shape index (κ1) is 13.8. The van der Waals surface area contributed by atoms with Crippen LogP contribution in [0.2, 0.25) is 10.3 Å². The van der Waals surface area contributed by atoms with Crippen LogP contribution in [0, 0.1) is 6.92 Å². The zero-order valence-electron chi connectivity index (χ0n) is 10.3. The molecular weight excluding hydrogens is 289 g/mol.